The van der Waals surface area contributed by atoms with Crippen LogP contribution in [0.1, 0.15) is 23.9 Å². The smallest absolute Gasteiger partial charge is 0.237 e. The van der Waals surface area contributed by atoms with E-state index in [0.29, 0.717) is 28.7 Å². The third-order valence-corrected chi connectivity index (χ3v) is 5.25. The summed E-state index contributed by atoms with van der Waals surface area (Å²) in [5, 5.41) is 19.9. The van der Waals surface area contributed by atoms with Gasteiger partial charge < -0.3 is 15.9 Å². The molecule has 2 aromatic carbocycles. The summed E-state index contributed by atoms with van der Waals surface area (Å²) in [5.41, 5.74) is 2.18. The number of nitrogens with zero attached hydrogens (tertiary/aromatic N) is 4. The zero-order chi connectivity index (χ0) is 20.8. The van der Waals surface area contributed by atoms with Crippen molar-refractivity contribution in [2.45, 2.75) is 23.8 Å². The number of hydrogen-bond donors (Lipinski definition) is 2. The minimum atomic E-state index is -0.439. The molecule has 3 aromatic rings. The number of anilines is 1. The molecule has 0 bridgehead atoms. The molecule has 0 saturated heterocycles. The number of nitrogen functional groups attached to an aromatic ring is 1. The molecule has 0 saturated carbocycles. The van der Waals surface area contributed by atoms with E-state index in [0.717, 1.165) is 11.3 Å². The first-order chi connectivity index (χ1) is 14.0. The van der Waals surface area contributed by atoms with Crippen molar-refractivity contribution in [1.29, 1.82) is 5.26 Å². The number of thioether (sulfide) groups is 1. The Morgan fingerprint density at radius 1 is 1.24 bits per heavy atom. The van der Waals surface area contributed by atoms with E-state index in [-0.39, 0.29) is 5.91 Å². The maximum absolute atomic E-state index is 12.4. The number of nitriles is 1. The lowest BCUT2D eigenvalue weighted by atomic mass is 10.1. The molecule has 29 heavy (non-hydrogen) atoms. The molecule has 1 amide bonds. The summed E-state index contributed by atoms with van der Waals surface area (Å²) in [7, 11) is 1.62. The summed E-state index contributed by atoms with van der Waals surface area (Å²) in [5.74, 6) is 7.30. The number of carbonyl (C=O) groups excluding carboxylic acids is 1. The average Bonchev–Trinajstić information content (AvgIpc) is 3.08. The number of nitrogens with two attached hydrogens (primary N) is 1. The first-order valence-corrected chi connectivity index (χ1v) is 9.68. The normalized spacial score (nSPS) is 11.5. The fraction of sp³-hybridized carbons (Fsp3) is 0.200. The molecule has 8 nitrogen and oxygen atoms in total. The van der Waals surface area contributed by atoms with E-state index in [9.17, 15) is 4.79 Å². The monoisotopic (exact) mass is 408 g/mol. The molecule has 0 aliphatic heterocycles. The minimum absolute atomic E-state index is 0.195. The first kappa shape index (κ1) is 20.2. The molecule has 3 N–H and O–H groups in total. The first-order valence-electron chi connectivity index (χ1n) is 8.80. The van der Waals surface area contributed by atoms with E-state index in [1.165, 1.54) is 16.4 Å². The van der Waals surface area contributed by atoms with Crippen LogP contribution in [0.25, 0.3) is 0 Å². The summed E-state index contributed by atoms with van der Waals surface area (Å²) >= 11 is 1.22. The molecule has 148 valence electrons. The van der Waals surface area contributed by atoms with E-state index in [1.807, 2.05) is 30.3 Å². The Morgan fingerprint density at radius 2 is 1.93 bits per heavy atom. The van der Waals surface area contributed by atoms with E-state index in [1.54, 1.807) is 38.3 Å². The molecule has 9 heteroatoms. The average molecular weight is 408 g/mol. The summed E-state index contributed by atoms with van der Waals surface area (Å²) < 4.78 is 6.56. The van der Waals surface area contributed by atoms with Crippen molar-refractivity contribution in [2.75, 3.05) is 18.3 Å². The van der Waals surface area contributed by atoms with Crippen LogP contribution in [0.15, 0.2) is 53.7 Å². The van der Waals surface area contributed by atoms with Gasteiger partial charge in [0, 0.05) is 12.1 Å². The summed E-state index contributed by atoms with van der Waals surface area (Å²) in [6.07, 6.45) is 0.514. The topological polar surface area (TPSA) is 119 Å². The highest BCUT2D eigenvalue weighted by atomic mass is 32.2. The van der Waals surface area contributed by atoms with Crippen LogP contribution in [0, 0.1) is 11.3 Å². The highest BCUT2D eigenvalue weighted by Crippen LogP contribution is 2.23. The maximum atomic E-state index is 12.4. The molecular weight excluding hydrogens is 388 g/mol. The van der Waals surface area contributed by atoms with Crippen LogP contribution in [0.4, 0.5) is 5.69 Å². The van der Waals surface area contributed by atoms with Gasteiger partial charge in [-0.3, -0.25) is 4.79 Å². The van der Waals surface area contributed by atoms with Gasteiger partial charge in [-0.25, -0.2) is 4.68 Å². The number of hydrogen-bond acceptors (Lipinski definition) is 7. The molecule has 0 aliphatic carbocycles. The standard InChI is InChI=1S/C20H20N6O2S/c1-13(19(27)23-16-7-3-15(12-21)4-8-16)29-20-25-24-18(26(20)22)11-14-5-9-17(28-2)10-6-14/h3-10,13H,11,22H2,1-2H3,(H,23,27)/t13-/m1/s1. The predicted molar refractivity (Wildman–Crippen MR) is 111 cm³/mol. The number of benzene rings is 2. The van der Waals surface area contributed by atoms with Gasteiger partial charge in [0.25, 0.3) is 0 Å². The van der Waals surface area contributed by atoms with Gasteiger partial charge in [0.1, 0.15) is 5.75 Å². The Balaban J connectivity index is 1.61. The predicted octanol–water partition coefficient (Wildman–Crippen LogP) is 2.58. The zero-order valence-corrected chi connectivity index (χ0v) is 16.8. The molecule has 0 unspecified atom stereocenters. The Morgan fingerprint density at radius 3 is 2.55 bits per heavy atom. The van der Waals surface area contributed by atoms with Crippen LogP contribution in [0.5, 0.6) is 5.75 Å². The fourth-order valence-corrected chi connectivity index (χ4v) is 3.31. The van der Waals surface area contributed by atoms with Gasteiger partial charge in [-0.05, 0) is 48.9 Å². The third-order valence-electron chi connectivity index (χ3n) is 4.19. The summed E-state index contributed by atoms with van der Waals surface area (Å²) in [6, 6.07) is 16.3. The van der Waals surface area contributed by atoms with Crippen molar-refractivity contribution in [2.24, 2.45) is 0 Å². The van der Waals surface area contributed by atoms with Crippen LogP contribution < -0.4 is 15.9 Å². The number of carbonyl (C=O) groups is 1. The van der Waals surface area contributed by atoms with E-state index >= 15 is 0 Å². The zero-order valence-electron chi connectivity index (χ0n) is 16.0. The van der Waals surface area contributed by atoms with Gasteiger partial charge in [0.2, 0.25) is 11.1 Å². The largest absolute Gasteiger partial charge is 0.497 e. The Kier molecular flexibility index (Phi) is 6.36. The highest BCUT2D eigenvalue weighted by molar-refractivity contribution is 8.00. The SMILES string of the molecule is COc1ccc(Cc2nnc(S[C@H](C)C(=O)Nc3ccc(C#N)cc3)n2N)cc1. The molecule has 0 radical (unpaired) electrons. The Bertz CT molecular complexity index is 1020. The molecule has 0 aliphatic rings. The second-order valence-electron chi connectivity index (χ2n) is 6.23. The number of rotatable bonds is 7. The van der Waals surface area contributed by atoms with Crippen molar-refractivity contribution in [3.8, 4) is 11.8 Å². The lowest BCUT2D eigenvalue weighted by Gasteiger charge is -2.11. The van der Waals surface area contributed by atoms with Gasteiger partial charge in [0.15, 0.2) is 5.82 Å². The van der Waals surface area contributed by atoms with Crippen molar-refractivity contribution in [1.82, 2.24) is 14.9 Å². The molecule has 0 spiro atoms. The number of nitrogens with one attached hydrogen (secondary N) is 1. The van der Waals surface area contributed by atoms with Crippen LogP contribution in [-0.2, 0) is 11.2 Å². The number of ether oxygens (including phenoxy) is 1. The van der Waals surface area contributed by atoms with Crippen LogP contribution in [0.2, 0.25) is 0 Å². The van der Waals surface area contributed by atoms with Crippen molar-refractivity contribution < 1.29 is 9.53 Å². The van der Waals surface area contributed by atoms with Crippen molar-refractivity contribution in [3.63, 3.8) is 0 Å². The molecule has 1 atom stereocenters. The second kappa shape index (κ2) is 9.12. The van der Waals surface area contributed by atoms with Gasteiger partial charge in [-0.1, -0.05) is 23.9 Å². The van der Waals surface area contributed by atoms with Crippen molar-refractivity contribution >= 4 is 23.4 Å². The highest BCUT2D eigenvalue weighted by Gasteiger charge is 2.19. The number of aromatic nitrogens is 3. The van der Waals surface area contributed by atoms with Crippen molar-refractivity contribution in [3.05, 3.63) is 65.5 Å². The quantitative estimate of drug-likeness (QED) is 0.455. The molecule has 1 aromatic heterocycles. The fourth-order valence-electron chi connectivity index (χ4n) is 2.52. The molecule has 0 fully saturated rings. The molecule has 1 heterocycles. The minimum Gasteiger partial charge on any atom is -0.497 e. The van der Waals surface area contributed by atoms with Crippen LogP contribution in [0.3, 0.4) is 0 Å². The van der Waals surface area contributed by atoms with Crippen LogP contribution in [-0.4, -0.2) is 33.1 Å². The third kappa shape index (κ3) is 5.06. The van der Waals surface area contributed by atoms with E-state index in [2.05, 4.69) is 15.5 Å². The summed E-state index contributed by atoms with van der Waals surface area (Å²) in [6.45, 7) is 1.77. The van der Waals surface area contributed by atoms with E-state index in [4.69, 9.17) is 15.8 Å². The molecular formula is C20H20N6O2S. The maximum Gasteiger partial charge on any atom is 0.237 e. The van der Waals surface area contributed by atoms with Gasteiger partial charge in [-0.15, -0.1) is 10.2 Å². The lowest BCUT2D eigenvalue weighted by molar-refractivity contribution is -0.115. The molecule has 3 rings (SSSR count). The summed E-state index contributed by atoms with van der Waals surface area (Å²) in [4.78, 5) is 12.4. The lowest BCUT2D eigenvalue weighted by Crippen LogP contribution is -2.24. The Hall–Kier alpha value is -3.51. The number of amides is 1. The van der Waals surface area contributed by atoms with Gasteiger partial charge in [0.05, 0.1) is 24.0 Å². The number of methoxy groups -OCH3 is 1. The van der Waals surface area contributed by atoms with Crippen LogP contribution >= 0.6 is 11.8 Å². The van der Waals surface area contributed by atoms with Gasteiger partial charge in [-0.2, -0.15) is 5.26 Å². The Labute approximate surface area is 172 Å². The second-order valence-corrected chi connectivity index (χ2v) is 7.54. The van der Waals surface area contributed by atoms with Gasteiger partial charge >= 0.3 is 0 Å². The van der Waals surface area contributed by atoms with E-state index < -0.39 is 5.25 Å².